The number of ether oxygens (including phenoxy) is 1. The lowest BCUT2D eigenvalue weighted by Gasteiger charge is -2.36. The van der Waals surface area contributed by atoms with Gasteiger partial charge in [0.15, 0.2) is 11.6 Å². The summed E-state index contributed by atoms with van der Waals surface area (Å²) in [6.45, 7) is 5.08. The second kappa shape index (κ2) is 32.5. The van der Waals surface area contributed by atoms with Crippen molar-refractivity contribution in [2.24, 2.45) is 47.2 Å². The van der Waals surface area contributed by atoms with E-state index in [1.807, 2.05) is 4.90 Å². The minimum atomic E-state index is -2.42. The number of aliphatic hydroxyl groups excluding tert-OH is 3. The molecule has 91 heavy (non-hydrogen) atoms. The van der Waals surface area contributed by atoms with Crippen LogP contribution in [0.3, 0.4) is 0 Å². The molecule has 2 aromatic rings. The van der Waals surface area contributed by atoms with Crippen LogP contribution in [0.5, 0.6) is 5.75 Å². The fourth-order valence-electron chi connectivity index (χ4n) is 12.8. The van der Waals surface area contributed by atoms with E-state index in [-0.39, 0.29) is 58.1 Å². The van der Waals surface area contributed by atoms with Crippen LogP contribution < -0.4 is 42.4 Å². The molecule has 1 aromatic heterocycles. The normalized spacial score (nSPS) is 27.8. The number of nitrogens with one attached hydrogen (secondary N) is 7. The zero-order valence-corrected chi connectivity index (χ0v) is 53.7. The van der Waals surface area contributed by atoms with Crippen LogP contribution in [0.1, 0.15) is 116 Å². The standard InChI is InChI=1S/C61H88N10O18S2/c1-6-30(2)40-20-36(73)24-64-55(82)35-18-41-39-11-12-48(89-5)42(28-90-38-13-15-70(16-14-38)60(86)34-9-7-33(8-10-34)23-63-54(81)31(3)17-51(79)80)53(39)69-59(41)91(88)29-44(66-50(78)25-65-56(40)83)57(84)67-43(22-49(62)77)61(87)71-26-37(74)21-45(71)58(85)68-52(46(75)19-35)32(4)47(76)27-72/h11-12,30-35,37-38,40,43-45,47,52,69,72,74,76H,6-10,13-29H2,1-5H3,(H2,62,77)(H,63,81)(H,64,82)(H,65,83)(H,66,78)(H,67,84)(H,68,85)(H,79,80)/t30-,31?,32-,33?,34?,35+,37+,40-,43-,44-,45-,47-,52-,91?/m0/s1. The predicted molar refractivity (Wildman–Crippen MR) is 330 cm³/mol. The molecule has 2 bridgehead atoms. The number of aromatic amines is 1. The molecule has 5 heterocycles. The summed E-state index contributed by atoms with van der Waals surface area (Å²) in [5.74, 6) is -14.6. The van der Waals surface area contributed by atoms with Gasteiger partial charge >= 0.3 is 5.97 Å². The van der Waals surface area contributed by atoms with Gasteiger partial charge in [0.05, 0.1) is 80.0 Å². The van der Waals surface area contributed by atoms with Crippen molar-refractivity contribution in [3.63, 3.8) is 0 Å². The number of likely N-dealkylation sites (tertiary alicyclic amines) is 1. The Bertz CT molecular complexity index is 3090. The van der Waals surface area contributed by atoms with Crippen LogP contribution in [0, 0.1) is 41.4 Å². The Morgan fingerprint density at radius 1 is 0.879 bits per heavy atom. The number of hydrogen-bond donors (Lipinski definition) is 12. The molecule has 3 fully saturated rings. The maximum atomic E-state index is 15.5. The van der Waals surface area contributed by atoms with Crippen LogP contribution in [-0.2, 0) is 80.5 Å². The maximum Gasteiger partial charge on any atom is 0.304 e. The lowest BCUT2D eigenvalue weighted by Crippen LogP contribution is -2.60. The summed E-state index contributed by atoms with van der Waals surface area (Å²) in [6, 6.07) is -3.64. The van der Waals surface area contributed by atoms with Gasteiger partial charge in [-0.25, -0.2) is 0 Å². The number of carbonyl (C=O) groups excluding carboxylic acids is 11. The first-order valence-corrected chi connectivity index (χ1v) is 33.6. The van der Waals surface area contributed by atoms with Crippen LogP contribution >= 0.6 is 11.8 Å². The van der Waals surface area contributed by atoms with Gasteiger partial charge in [-0.2, -0.15) is 11.8 Å². The number of hydrogen-bond acceptors (Lipinski definition) is 18. The molecule has 7 rings (SSSR count). The Morgan fingerprint density at radius 3 is 2.22 bits per heavy atom. The van der Waals surface area contributed by atoms with Crippen molar-refractivity contribution in [3.8, 4) is 5.75 Å². The van der Waals surface area contributed by atoms with E-state index in [1.165, 1.54) is 14.0 Å². The van der Waals surface area contributed by atoms with Gasteiger partial charge in [0.1, 0.15) is 28.9 Å². The molecule has 0 radical (unpaired) electrons. The SMILES string of the molecule is CC[C@H](C)[C@@H]1CC(=O)CNC(=O)[C@H]2CC(=O)[C@H]([C@@H](C)[C@@H](O)CO)NC(=O)[C@@H]3C[C@@H](O)CN3C(=O)[C@H](CC(N)=O)NC(=O)[C@H](CS(=O)c3[nH]c4c(CSC5CCN(C(=O)C6CCC(CNC(=O)C(C)CC(=O)O)CC6)CC5)c(OC)ccc4c3C2)NC(=O)CNC1=O. The number of carboxylic acid groups (broad SMARTS) is 1. The molecular weight excluding hydrogens is 1220 g/mol. The van der Waals surface area contributed by atoms with Crippen LogP contribution in [-0.4, -0.2) is 210 Å². The van der Waals surface area contributed by atoms with E-state index in [2.05, 4.69) is 36.9 Å². The van der Waals surface area contributed by atoms with Gasteiger partial charge in [-0.05, 0) is 74.5 Å². The second-order valence-corrected chi connectivity index (χ2v) is 27.7. The van der Waals surface area contributed by atoms with Crippen molar-refractivity contribution in [1.29, 1.82) is 0 Å². The minimum absolute atomic E-state index is 0.0452. The number of nitrogens with two attached hydrogens (primary N) is 1. The highest BCUT2D eigenvalue weighted by atomic mass is 32.2. The Hall–Kier alpha value is -7.02. The molecule has 2 saturated heterocycles. The number of rotatable bonds is 17. The largest absolute Gasteiger partial charge is 0.496 e. The average molecular weight is 1310 g/mol. The number of H-pyrrole nitrogens is 1. The number of thioether (sulfide) groups is 1. The molecule has 0 spiro atoms. The number of carbonyl (C=O) groups is 12. The lowest BCUT2D eigenvalue weighted by molar-refractivity contribution is -0.144. The highest BCUT2D eigenvalue weighted by Gasteiger charge is 2.45. The highest BCUT2D eigenvalue weighted by molar-refractivity contribution is 7.99. The molecule has 30 heteroatoms. The zero-order valence-electron chi connectivity index (χ0n) is 52.1. The fourth-order valence-corrected chi connectivity index (χ4v) is 15.4. The summed E-state index contributed by atoms with van der Waals surface area (Å²) in [7, 11) is -0.960. The number of carboxylic acids is 1. The Morgan fingerprint density at radius 2 is 1.57 bits per heavy atom. The number of piperidine rings is 1. The second-order valence-electron chi connectivity index (χ2n) is 25.0. The van der Waals surface area contributed by atoms with Crippen molar-refractivity contribution >= 4 is 104 Å². The minimum Gasteiger partial charge on any atom is -0.496 e. The Kier molecular flexibility index (Phi) is 25.5. The van der Waals surface area contributed by atoms with Gasteiger partial charge in [0.2, 0.25) is 53.2 Å². The molecule has 502 valence electrons. The van der Waals surface area contributed by atoms with Gasteiger partial charge < -0.3 is 77.6 Å². The van der Waals surface area contributed by atoms with Gasteiger partial charge in [0.25, 0.3) is 0 Å². The number of fused-ring (bicyclic) bond motifs is 5. The highest BCUT2D eigenvalue weighted by Crippen LogP contribution is 2.40. The third-order valence-electron chi connectivity index (χ3n) is 18.5. The Balaban J connectivity index is 1.25. The third kappa shape index (κ3) is 18.4. The van der Waals surface area contributed by atoms with Gasteiger partial charge in [0, 0.05) is 97.0 Å². The molecule has 4 aliphatic heterocycles. The predicted octanol–water partition coefficient (Wildman–Crippen LogP) is -1.18. The van der Waals surface area contributed by atoms with Crippen molar-refractivity contribution in [2.45, 2.75) is 164 Å². The summed E-state index contributed by atoms with van der Waals surface area (Å²) >= 11 is 1.59. The number of primary amides is 1. The quantitative estimate of drug-likeness (QED) is 0.0887. The number of Topliss-reactive ketones (excluding diaryl/α,β-unsaturated/α-hetero) is 2. The molecule has 2 unspecified atom stereocenters. The molecular formula is C61H88N10O18S2. The maximum absolute atomic E-state index is 15.5. The molecule has 12 atom stereocenters. The average Bonchev–Trinajstić information content (AvgIpc) is 1.77. The van der Waals surface area contributed by atoms with Crippen LogP contribution in [0.15, 0.2) is 17.2 Å². The van der Waals surface area contributed by atoms with Gasteiger partial charge in [-0.3, -0.25) is 61.7 Å². The third-order valence-corrected chi connectivity index (χ3v) is 21.4. The van der Waals surface area contributed by atoms with E-state index in [0.29, 0.717) is 74.0 Å². The van der Waals surface area contributed by atoms with E-state index in [4.69, 9.17) is 15.6 Å². The van der Waals surface area contributed by atoms with Gasteiger partial charge in [-0.1, -0.05) is 34.1 Å². The van der Waals surface area contributed by atoms with Crippen molar-refractivity contribution in [3.05, 3.63) is 23.3 Å². The smallest absolute Gasteiger partial charge is 0.304 e. The van der Waals surface area contributed by atoms with E-state index < -0.39 is 193 Å². The number of aromatic nitrogens is 1. The molecule has 5 aliphatic rings. The summed E-state index contributed by atoms with van der Waals surface area (Å²) in [5, 5.41) is 57.1. The van der Waals surface area contributed by atoms with Gasteiger partial charge in [-0.15, -0.1) is 0 Å². The number of aliphatic carboxylic acids is 1. The van der Waals surface area contributed by atoms with Crippen molar-refractivity contribution in [1.82, 2.24) is 46.7 Å². The zero-order chi connectivity index (χ0) is 66.5. The first-order valence-electron chi connectivity index (χ1n) is 31.3. The van der Waals surface area contributed by atoms with E-state index >= 15 is 9.00 Å². The molecule has 1 saturated carbocycles. The molecule has 1 aliphatic carbocycles. The molecule has 9 amide bonds. The number of methoxy groups -OCH3 is 1. The summed E-state index contributed by atoms with van der Waals surface area (Å²) < 4.78 is 21.4. The van der Waals surface area contributed by atoms with Crippen LogP contribution in [0.25, 0.3) is 10.9 Å². The number of amides is 9. The molecule has 1 aromatic carbocycles. The summed E-state index contributed by atoms with van der Waals surface area (Å²) in [6.07, 6.45) is -1.58. The van der Waals surface area contributed by atoms with E-state index in [0.717, 1.165) is 17.7 Å². The Labute approximate surface area is 534 Å². The van der Waals surface area contributed by atoms with Crippen molar-refractivity contribution < 1.29 is 86.9 Å². The number of ketones is 2. The van der Waals surface area contributed by atoms with Crippen LogP contribution in [0.2, 0.25) is 0 Å². The topological polar surface area (TPSA) is 433 Å². The van der Waals surface area contributed by atoms with Crippen molar-refractivity contribution in [2.75, 3.05) is 58.7 Å². The molecule has 13 N–H and O–H groups in total. The first kappa shape index (κ1) is 71.4. The number of aliphatic hydroxyl groups is 3. The fraction of sp³-hybridized carbons (Fsp3) is 0.672. The summed E-state index contributed by atoms with van der Waals surface area (Å²) in [5.41, 5.74) is 6.77. The lowest BCUT2D eigenvalue weighted by atomic mass is 9.81. The van der Waals surface area contributed by atoms with E-state index in [9.17, 15) is 68.1 Å². The van der Waals surface area contributed by atoms with E-state index in [1.54, 1.807) is 44.7 Å². The number of nitrogens with zero attached hydrogens (tertiary/aromatic N) is 2. The summed E-state index contributed by atoms with van der Waals surface area (Å²) in [4.78, 5) is 172. The van der Waals surface area contributed by atoms with Crippen LogP contribution in [0.4, 0.5) is 0 Å². The molecule has 28 nitrogen and oxygen atoms in total. The number of benzene rings is 1. The first-order chi connectivity index (χ1) is 43.2. The monoisotopic (exact) mass is 1310 g/mol.